The summed E-state index contributed by atoms with van der Waals surface area (Å²) >= 11 is 0. The van der Waals surface area contributed by atoms with Crippen LogP contribution in [0, 0.1) is 0 Å². The molecule has 0 radical (unpaired) electrons. The van der Waals surface area contributed by atoms with Gasteiger partial charge in [-0.15, -0.1) is 0 Å². The number of likely N-dealkylation sites (N-methyl/N-ethyl adjacent to an activating group) is 1. The van der Waals surface area contributed by atoms with Crippen molar-refractivity contribution in [3.63, 3.8) is 0 Å². The highest BCUT2D eigenvalue weighted by Gasteiger charge is 2.31. The smallest absolute Gasteiger partial charge is 0.346 e. The highest BCUT2D eigenvalue weighted by molar-refractivity contribution is 5.94. The highest BCUT2D eigenvalue weighted by atomic mass is 16.5. The minimum absolute atomic E-state index is 0.0275. The Morgan fingerprint density at radius 3 is 2.71 bits per heavy atom. The Morgan fingerprint density at radius 2 is 2.12 bits per heavy atom. The molecule has 1 unspecified atom stereocenters. The van der Waals surface area contributed by atoms with E-state index in [1.807, 2.05) is 0 Å². The van der Waals surface area contributed by atoms with Crippen LogP contribution in [-0.4, -0.2) is 41.8 Å². The van der Waals surface area contributed by atoms with Crippen molar-refractivity contribution < 1.29 is 24.5 Å². The van der Waals surface area contributed by atoms with Crippen LogP contribution in [0.15, 0.2) is 18.2 Å². The van der Waals surface area contributed by atoms with Gasteiger partial charge in [-0.05, 0) is 12.1 Å². The van der Waals surface area contributed by atoms with Crippen LogP contribution in [0.1, 0.15) is 10.4 Å². The van der Waals surface area contributed by atoms with Crippen molar-refractivity contribution in [1.29, 1.82) is 0 Å². The number of anilines is 1. The van der Waals surface area contributed by atoms with Crippen LogP contribution in [-0.2, 0) is 4.79 Å². The van der Waals surface area contributed by atoms with E-state index in [2.05, 4.69) is 0 Å². The number of fused-ring (bicyclic) bond motifs is 1. The molecule has 6 nitrogen and oxygen atoms in total. The van der Waals surface area contributed by atoms with Crippen LogP contribution < -0.4 is 9.64 Å². The van der Waals surface area contributed by atoms with Crippen LogP contribution >= 0.6 is 0 Å². The number of carboxylic acid groups (broad SMARTS) is 2. The van der Waals surface area contributed by atoms with Crippen molar-refractivity contribution in [2.45, 2.75) is 6.10 Å². The first-order valence-electron chi connectivity index (χ1n) is 4.97. The predicted octanol–water partition coefficient (Wildman–Crippen LogP) is 0.667. The van der Waals surface area contributed by atoms with E-state index in [1.54, 1.807) is 24.1 Å². The Bertz CT molecular complexity index is 485. The van der Waals surface area contributed by atoms with E-state index in [0.29, 0.717) is 5.69 Å². The molecule has 1 atom stereocenters. The molecule has 1 aliphatic heterocycles. The molecule has 6 heteroatoms. The summed E-state index contributed by atoms with van der Waals surface area (Å²) in [6.07, 6.45) is -1.05. The van der Waals surface area contributed by atoms with Crippen molar-refractivity contribution in [2.24, 2.45) is 0 Å². The van der Waals surface area contributed by atoms with Gasteiger partial charge in [0.15, 0.2) is 5.75 Å². The van der Waals surface area contributed by atoms with Crippen LogP contribution in [0.25, 0.3) is 0 Å². The SMILES string of the molecule is CN1CC(C(=O)O)Oc2c(C(=O)O)cccc21. The van der Waals surface area contributed by atoms with E-state index in [1.165, 1.54) is 6.07 Å². The number of carboxylic acids is 2. The average Bonchev–Trinajstić information content (AvgIpc) is 2.27. The third kappa shape index (κ3) is 1.89. The number of nitrogens with zero attached hydrogens (tertiary/aromatic N) is 1. The summed E-state index contributed by atoms with van der Waals surface area (Å²) in [6, 6.07) is 4.68. The van der Waals surface area contributed by atoms with Gasteiger partial charge in [0, 0.05) is 7.05 Å². The molecular formula is C11H11NO5. The Kier molecular flexibility index (Phi) is 2.63. The number of aliphatic carboxylic acids is 1. The minimum Gasteiger partial charge on any atom is -0.478 e. The molecule has 2 rings (SSSR count). The number of carbonyl (C=O) groups is 2. The van der Waals surface area contributed by atoms with Gasteiger partial charge in [0.1, 0.15) is 5.56 Å². The lowest BCUT2D eigenvalue weighted by atomic mass is 10.1. The Balaban J connectivity index is 2.49. The zero-order valence-corrected chi connectivity index (χ0v) is 9.08. The van der Waals surface area contributed by atoms with Gasteiger partial charge in [-0.25, -0.2) is 9.59 Å². The van der Waals surface area contributed by atoms with E-state index < -0.39 is 18.0 Å². The van der Waals surface area contributed by atoms with Gasteiger partial charge in [-0.1, -0.05) is 6.07 Å². The molecule has 0 aliphatic carbocycles. The van der Waals surface area contributed by atoms with Crippen molar-refractivity contribution in [2.75, 3.05) is 18.5 Å². The second-order valence-corrected chi connectivity index (χ2v) is 3.78. The highest BCUT2D eigenvalue weighted by Crippen LogP contribution is 2.35. The molecule has 1 aromatic rings. The van der Waals surface area contributed by atoms with Gasteiger partial charge in [0.05, 0.1) is 12.2 Å². The number of para-hydroxylation sites is 1. The first-order valence-corrected chi connectivity index (χ1v) is 4.97. The number of rotatable bonds is 2. The van der Waals surface area contributed by atoms with E-state index >= 15 is 0 Å². The number of hydrogen-bond donors (Lipinski definition) is 2. The molecule has 0 bridgehead atoms. The minimum atomic E-state index is -1.14. The van der Waals surface area contributed by atoms with Gasteiger partial charge >= 0.3 is 11.9 Å². The van der Waals surface area contributed by atoms with E-state index in [4.69, 9.17) is 14.9 Å². The molecule has 90 valence electrons. The van der Waals surface area contributed by atoms with Crippen molar-refractivity contribution >= 4 is 17.6 Å². The molecule has 1 aliphatic rings. The van der Waals surface area contributed by atoms with Crippen LogP contribution in [0.5, 0.6) is 5.75 Å². The summed E-state index contributed by atoms with van der Waals surface area (Å²) in [6.45, 7) is 0.186. The molecule has 0 amide bonds. The zero-order valence-electron chi connectivity index (χ0n) is 9.08. The van der Waals surface area contributed by atoms with Crippen molar-refractivity contribution in [1.82, 2.24) is 0 Å². The maximum absolute atomic E-state index is 11.0. The molecule has 17 heavy (non-hydrogen) atoms. The lowest BCUT2D eigenvalue weighted by Crippen LogP contribution is -2.43. The lowest BCUT2D eigenvalue weighted by Gasteiger charge is -2.32. The fraction of sp³-hybridized carbons (Fsp3) is 0.273. The first-order chi connectivity index (χ1) is 8.00. The van der Waals surface area contributed by atoms with Gasteiger partial charge in [0.25, 0.3) is 0 Å². The van der Waals surface area contributed by atoms with Crippen molar-refractivity contribution in [3.05, 3.63) is 23.8 Å². The molecule has 1 heterocycles. The fourth-order valence-electron chi connectivity index (χ4n) is 1.77. The van der Waals surface area contributed by atoms with E-state index in [-0.39, 0.29) is 17.9 Å². The second-order valence-electron chi connectivity index (χ2n) is 3.78. The topological polar surface area (TPSA) is 87.1 Å². The molecule has 0 aromatic heterocycles. The van der Waals surface area contributed by atoms with E-state index in [9.17, 15) is 9.59 Å². The monoisotopic (exact) mass is 237 g/mol. The predicted molar refractivity (Wildman–Crippen MR) is 58.7 cm³/mol. The van der Waals surface area contributed by atoms with Crippen molar-refractivity contribution in [3.8, 4) is 5.75 Å². The van der Waals surface area contributed by atoms with Crippen LogP contribution in [0.2, 0.25) is 0 Å². The summed E-state index contributed by atoms with van der Waals surface area (Å²) in [5, 5.41) is 17.9. The summed E-state index contributed by atoms with van der Waals surface area (Å²) in [5.74, 6) is -2.13. The number of ether oxygens (including phenoxy) is 1. The Hall–Kier alpha value is -2.24. The third-order valence-electron chi connectivity index (χ3n) is 2.61. The van der Waals surface area contributed by atoms with Gasteiger partial charge in [-0.2, -0.15) is 0 Å². The Morgan fingerprint density at radius 1 is 1.41 bits per heavy atom. The molecule has 0 saturated carbocycles. The second kappa shape index (κ2) is 3.97. The molecule has 0 spiro atoms. The molecular weight excluding hydrogens is 226 g/mol. The third-order valence-corrected chi connectivity index (χ3v) is 2.61. The maximum Gasteiger partial charge on any atom is 0.346 e. The van der Waals surface area contributed by atoms with Gasteiger partial charge < -0.3 is 19.8 Å². The fourth-order valence-corrected chi connectivity index (χ4v) is 1.77. The molecule has 0 fully saturated rings. The molecule has 1 aromatic carbocycles. The largest absolute Gasteiger partial charge is 0.478 e. The summed E-state index contributed by atoms with van der Waals surface area (Å²) in [5.41, 5.74) is 0.558. The average molecular weight is 237 g/mol. The first kappa shape index (κ1) is 11.3. The van der Waals surface area contributed by atoms with Crippen LogP contribution in [0.4, 0.5) is 5.69 Å². The number of aromatic carboxylic acids is 1. The van der Waals surface area contributed by atoms with Crippen LogP contribution in [0.3, 0.4) is 0 Å². The van der Waals surface area contributed by atoms with Gasteiger partial charge in [-0.3, -0.25) is 0 Å². The van der Waals surface area contributed by atoms with Gasteiger partial charge in [0.2, 0.25) is 6.10 Å². The molecule has 2 N–H and O–H groups in total. The maximum atomic E-state index is 11.0. The summed E-state index contributed by atoms with van der Waals surface area (Å²) in [7, 11) is 1.70. The molecule has 0 saturated heterocycles. The number of benzene rings is 1. The number of hydrogen-bond acceptors (Lipinski definition) is 4. The normalized spacial score (nSPS) is 18.2. The summed E-state index contributed by atoms with van der Waals surface area (Å²) in [4.78, 5) is 23.6. The van der Waals surface area contributed by atoms with E-state index in [0.717, 1.165) is 0 Å². The lowest BCUT2D eigenvalue weighted by molar-refractivity contribution is -0.144. The Labute approximate surface area is 97.0 Å². The zero-order chi connectivity index (χ0) is 12.6. The summed E-state index contributed by atoms with van der Waals surface area (Å²) < 4.78 is 5.23. The standard InChI is InChI=1S/C11H11NO5/c1-12-5-8(11(15)16)17-9-6(10(13)14)3-2-4-7(9)12/h2-4,8H,5H2,1H3,(H,13,14)(H,15,16). The quantitative estimate of drug-likeness (QED) is 0.786.